The lowest BCUT2D eigenvalue weighted by molar-refractivity contribution is -0.205. The number of rotatable bonds is 12. The molecule has 0 spiro atoms. The Hall–Kier alpha value is -4.63. The van der Waals surface area contributed by atoms with Crippen molar-refractivity contribution in [3.63, 3.8) is 0 Å². The Morgan fingerprint density at radius 1 is 0.919 bits per heavy atom. The number of alkyl carbamates (subject to hydrolysis) is 1. The SMILES string of the molecule is O=C(N[C@@H](Cc1ccc(OOCCc2coc(-c3ccccc3)n2)cc1)C(=O)O)OCc1ccccc1. The van der Waals surface area contributed by atoms with Gasteiger partial charge in [0.1, 0.15) is 18.9 Å². The number of aromatic nitrogens is 1. The maximum absolute atomic E-state index is 12.1. The molecule has 2 N–H and O–H groups in total. The Kier molecular flexibility index (Phi) is 8.87. The third kappa shape index (κ3) is 7.94. The van der Waals surface area contributed by atoms with Crippen LogP contribution in [0, 0.1) is 0 Å². The highest BCUT2D eigenvalue weighted by Gasteiger charge is 2.21. The number of ether oxygens (including phenoxy) is 1. The minimum atomic E-state index is -1.16. The lowest BCUT2D eigenvalue weighted by Gasteiger charge is -2.15. The van der Waals surface area contributed by atoms with Crippen LogP contribution in [0.4, 0.5) is 4.79 Å². The molecule has 0 fully saturated rings. The molecule has 1 heterocycles. The van der Waals surface area contributed by atoms with Gasteiger partial charge in [-0.3, -0.25) is 0 Å². The van der Waals surface area contributed by atoms with Crippen molar-refractivity contribution in [1.82, 2.24) is 10.3 Å². The average Bonchev–Trinajstić information content (AvgIpc) is 3.40. The van der Waals surface area contributed by atoms with Crippen LogP contribution >= 0.6 is 0 Å². The highest BCUT2D eigenvalue weighted by atomic mass is 17.2. The lowest BCUT2D eigenvalue weighted by atomic mass is 10.1. The number of carboxylic acids is 1. The molecule has 9 nitrogen and oxygen atoms in total. The van der Waals surface area contributed by atoms with Crippen LogP contribution in [0.3, 0.4) is 0 Å². The zero-order chi connectivity index (χ0) is 25.9. The van der Waals surface area contributed by atoms with Crippen LogP contribution in [-0.2, 0) is 33.9 Å². The Balaban J connectivity index is 1.19. The van der Waals surface area contributed by atoms with Crippen LogP contribution in [0.15, 0.2) is 95.6 Å². The molecule has 0 aliphatic carbocycles. The van der Waals surface area contributed by atoms with Gasteiger partial charge in [0.15, 0.2) is 5.75 Å². The molecule has 0 saturated carbocycles. The number of aliphatic carboxylic acids is 1. The van der Waals surface area contributed by atoms with E-state index in [4.69, 9.17) is 18.9 Å². The topological polar surface area (TPSA) is 120 Å². The second-order valence-electron chi connectivity index (χ2n) is 8.11. The number of carbonyl (C=O) groups excluding carboxylic acids is 1. The standard InChI is InChI=1S/C28H26N2O7/c31-27(32)25(30-28(33)35-18-21-7-3-1-4-8-21)17-20-11-13-24(14-12-20)37-36-16-15-23-19-34-26(29-23)22-9-5-2-6-10-22/h1-14,19,25H,15-18H2,(H,30,33)(H,31,32)/t25-/m0/s1. The molecular weight excluding hydrogens is 476 g/mol. The van der Waals surface area contributed by atoms with Crippen LogP contribution in [0.25, 0.3) is 11.5 Å². The summed E-state index contributed by atoms with van der Waals surface area (Å²) in [7, 11) is 0. The van der Waals surface area contributed by atoms with Crippen LogP contribution in [0.5, 0.6) is 5.75 Å². The second-order valence-corrected chi connectivity index (χ2v) is 8.11. The Morgan fingerprint density at radius 3 is 2.32 bits per heavy atom. The number of nitrogens with one attached hydrogen (secondary N) is 1. The maximum Gasteiger partial charge on any atom is 0.408 e. The normalized spacial score (nSPS) is 11.5. The molecular formula is C28H26N2O7. The minimum absolute atomic E-state index is 0.0515. The summed E-state index contributed by atoms with van der Waals surface area (Å²) in [6, 6.07) is 24.3. The van der Waals surface area contributed by atoms with Gasteiger partial charge in [0.2, 0.25) is 5.89 Å². The highest BCUT2D eigenvalue weighted by Crippen LogP contribution is 2.18. The minimum Gasteiger partial charge on any atom is -0.480 e. The van der Waals surface area contributed by atoms with Crippen molar-refractivity contribution in [1.29, 1.82) is 0 Å². The van der Waals surface area contributed by atoms with E-state index < -0.39 is 18.1 Å². The van der Waals surface area contributed by atoms with E-state index in [1.165, 1.54) is 0 Å². The predicted molar refractivity (Wildman–Crippen MR) is 134 cm³/mol. The van der Waals surface area contributed by atoms with E-state index in [-0.39, 0.29) is 19.6 Å². The smallest absolute Gasteiger partial charge is 0.408 e. The summed E-state index contributed by atoms with van der Waals surface area (Å²) in [6.45, 7) is 0.314. The van der Waals surface area contributed by atoms with Crippen molar-refractivity contribution < 1.29 is 33.6 Å². The van der Waals surface area contributed by atoms with Crippen molar-refractivity contribution in [2.45, 2.75) is 25.5 Å². The second kappa shape index (κ2) is 12.9. The average molecular weight is 503 g/mol. The number of oxazole rings is 1. The first-order valence-corrected chi connectivity index (χ1v) is 11.6. The summed E-state index contributed by atoms with van der Waals surface area (Å²) in [5.74, 6) is -0.162. The fraction of sp³-hybridized carbons (Fsp3) is 0.179. The first-order chi connectivity index (χ1) is 18.1. The quantitative estimate of drug-likeness (QED) is 0.161. The van der Waals surface area contributed by atoms with E-state index in [0.717, 1.165) is 16.8 Å². The van der Waals surface area contributed by atoms with Gasteiger partial charge in [0.25, 0.3) is 0 Å². The Morgan fingerprint density at radius 2 is 1.62 bits per heavy atom. The molecule has 0 saturated heterocycles. The fourth-order valence-corrected chi connectivity index (χ4v) is 3.41. The molecule has 0 unspecified atom stereocenters. The molecule has 4 rings (SSSR count). The number of carbonyl (C=O) groups is 2. The molecule has 9 heteroatoms. The zero-order valence-electron chi connectivity index (χ0n) is 19.9. The maximum atomic E-state index is 12.1. The monoisotopic (exact) mass is 502 g/mol. The van der Waals surface area contributed by atoms with Crippen LogP contribution in [-0.4, -0.2) is 34.8 Å². The van der Waals surface area contributed by atoms with Gasteiger partial charge in [-0.15, -0.1) is 0 Å². The number of carboxylic acid groups (broad SMARTS) is 1. The van der Waals surface area contributed by atoms with Gasteiger partial charge in [-0.25, -0.2) is 14.6 Å². The summed E-state index contributed by atoms with van der Waals surface area (Å²) >= 11 is 0. The van der Waals surface area contributed by atoms with Crippen molar-refractivity contribution in [2.24, 2.45) is 0 Å². The van der Waals surface area contributed by atoms with Gasteiger partial charge in [0.05, 0.1) is 12.3 Å². The van der Waals surface area contributed by atoms with Gasteiger partial charge in [-0.1, -0.05) is 60.7 Å². The van der Waals surface area contributed by atoms with Crippen LogP contribution in [0.1, 0.15) is 16.8 Å². The fourth-order valence-electron chi connectivity index (χ4n) is 3.41. The molecule has 0 aliphatic heterocycles. The highest BCUT2D eigenvalue weighted by molar-refractivity contribution is 5.80. The van der Waals surface area contributed by atoms with Gasteiger partial charge in [0, 0.05) is 18.4 Å². The van der Waals surface area contributed by atoms with Crippen molar-refractivity contribution in [3.8, 4) is 17.2 Å². The summed E-state index contributed by atoms with van der Waals surface area (Å²) in [6.07, 6.45) is 1.37. The predicted octanol–water partition coefficient (Wildman–Crippen LogP) is 4.82. The molecule has 1 aromatic heterocycles. The van der Waals surface area contributed by atoms with E-state index in [1.54, 1.807) is 30.5 Å². The summed E-state index contributed by atoms with van der Waals surface area (Å²) < 4.78 is 10.6. The molecule has 1 amide bonds. The molecule has 190 valence electrons. The summed E-state index contributed by atoms with van der Waals surface area (Å²) in [5.41, 5.74) is 3.14. The third-order valence-electron chi connectivity index (χ3n) is 5.34. The molecule has 37 heavy (non-hydrogen) atoms. The molecule has 0 radical (unpaired) electrons. The van der Waals surface area contributed by atoms with Gasteiger partial charge in [-0.05, 0) is 35.4 Å². The molecule has 4 aromatic rings. The van der Waals surface area contributed by atoms with Gasteiger partial charge < -0.3 is 24.5 Å². The summed E-state index contributed by atoms with van der Waals surface area (Å²) in [4.78, 5) is 38.7. The number of benzene rings is 3. The number of hydrogen-bond acceptors (Lipinski definition) is 7. The van der Waals surface area contributed by atoms with Crippen LogP contribution < -0.4 is 10.2 Å². The number of amides is 1. The van der Waals surface area contributed by atoms with Crippen molar-refractivity contribution in [2.75, 3.05) is 6.61 Å². The first-order valence-electron chi connectivity index (χ1n) is 11.6. The molecule has 0 aliphatic rings. The molecule has 1 atom stereocenters. The lowest BCUT2D eigenvalue weighted by Crippen LogP contribution is -2.42. The molecule has 0 bridgehead atoms. The number of hydrogen-bond donors (Lipinski definition) is 2. The Bertz CT molecular complexity index is 1270. The van der Waals surface area contributed by atoms with Crippen molar-refractivity contribution in [3.05, 3.63) is 108 Å². The van der Waals surface area contributed by atoms with E-state index in [1.807, 2.05) is 60.7 Å². The Labute approximate surface area is 213 Å². The van der Waals surface area contributed by atoms with Gasteiger partial charge >= 0.3 is 12.1 Å². The van der Waals surface area contributed by atoms with Crippen molar-refractivity contribution >= 4 is 12.1 Å². The van der Waals surface area contributed by atoms with E-state index >= 15 is 0 Å². The number of nitrogens with zero attached hydrogens (tertiary/aromatic N) is 1. The largest absolute Gasteiger partial charge is 0.480 e. The van der Waals surface area contributed by atoms with E-state index in [9.17, 15) is 14.7 Å². The van der Waals surface area contributed by atoms with E-state index in [0.29, 0.717) is 23.6 Å². The summed E-state index contributed by atoms with van der Waals surface area (Å²) in [5, 5.41) is 11.9. The molecule has 3 aromatic carbocycles. The third-order valence-corrected chi connectivity index (χ3v) is 5.34. The zero-order valence-corrected chi connectivity index (χ0v) is 19.9. The van der Waals surface area contributed by atoms with Crippen LogP contribution in [0.2, 0.25) is 0 Å². The first kappa shape index (κ1) is 25.5. The van der Waals surface area contributed by atoms with E-state index in [2.05, 4.69) is 10.3 Å². The van der Waals surface area contributed by atoms with Gasteiger partial charge in [-0.2, -0.15) is 4.89 Å².